The monoisotopic (exact) mass is 382 g/mol. The van der Waals surface area contributed by atoms with Gasteiger partial charge < -0.3 is 30.3 Å². The van der Waals surface area contributed by atoms with Crippen molar-refractivity contribution in [2.75, 3.05) is 48.3 Å². The average Bonchev–Trinajstić information content (AvgIpc) is 3.16. The number of nitrogens with zero attached hydrogens (tertiary/aromatic N) is 2. The normalized spacial score (nSPS) is 15.6. The van der Waals surface area contributed by atoms with Crippen LogP contribution < -0.4 is 20.3 Å². The first-order valence-electron chi connectivity index (χ1n) is 9.25. The third kappa shape index (κ3) is 3.95. The molecule has 0 unspecified atom stereocenters. The van der Waals surface area contributed by atoms with Gasteiger partial charge in [0.2, 0.25) is 0 Å². The molecule has 0 aromatic heterocycles. The average molecular weight is 382 g/mol. The van der Waals surface area contributed by atoms with E-state index in [1.54, 1.807) is 0 Å². The van der Waals surface area contributed by atoms with Crippen LogP contribution in [0.25, 0.3) is 0 Å². The van der Waals surface area contributed by atoms with Gasteiger partial charge in [-0.15, -0.1) is 0 Å². The number of ether oxygens (including phenoxy) is 1. The second-order valence-electron chi connectivity index (χ2n) is 6.80. The van der Waals surface area contributed by atoms with Gasteiger partial charge in [0, 0.05) is 49.7 Å². The van der Waals surface area contributed by atoms with Crippen LogP contribution in [0.5, 0.6) is 5.75 Å². The van der Waals surface area contributed by atoms with E-state index in [9.17, 15) is 9.59 Å². The largest absolute Gasteiger partial charge is 0.493 e. The highest BCUT2D eigenvalue weighted by Gasteiger charge is 2.20. The van der Waals surface area contributed by atoms with Crippen LogP contribution in [0.3, 0.4) is 0 Å². The lowest BCUT2D eigenvalue weighted by Crippen LogP contribution is -2.48. The van der Waals surface area contributed by atoms with Crippen molar-refractivity contribution in [3.8, 4) is 5.75 Å². The molecule has 4 rings (SSSR count). The van der Waals surface area contributed by atoms with Gasteiger partial charge in [-0.2, -0.15) is 0 Å². The molecule has 0 bridgehead atoms. The van der Waals surface area contributed by atoms with Crippen molar-refractivity contribution in [1.29, 1.82) is 0 Å². The molecule has 146 valence electrons. The van der Waals surface area contributed by atoms with Gasteiger partial charge in [0.05, 0.1) is 6.61 Å². The van der Waals surface area contributed by atoms with E-state index >= 15 is 0 Å². The lowest BCUT2D eigenvalue weighted by atomic mass is 10.1. The minimum atomic E-state index is -0.874. The first-order chi connectivity index (χ1) is 13.6. The van der Waals surface area contributed by atoms with Crippen LogP contribution in [0.1, 0.15) is 5.56 Å². The molecule has 8 nitrogen and oxygen atoms in total. The Morgan fingerprint density at radius 3 is 2.32 bits per heavy atom. The summed E-state index contributed by atoms with van der Waals surface area (Å²) < 4.78 is 5.47. The maximum Gasteiger partial charge on any atom is 0.407 e. The molecule has 8 heteroatoms. The van der Waals surface area contributed by atoms with Gasteiger partial charge in [-0.3, -0.25) is 0 Å². The minimum absolute atomic E-state index is 0.304. The fraction of sp³-hybridized carbons (Fsp3) is 0.300. The van der Waals surface area contributed by atoms with Gasteiger partial charge in [-0.1, -0.05) is 0 Å². The molecule has 3 amide bonds. The molecule has 2 aliphatic rings. The second-order valence-corrected chi connectivity index (χ2v) is 6.80. The summed E-state index contributed by atoms with van der Waals surface area (Å²) in [7, 11) is 0. The van der Waals surface area contributed by atoms with Crippen molar-refractivity contribution in [3.63, 3.8) is 0 Å². The van der Waals surface area contributed by atoms with E-state index < -0.39 is 6.09 Å². The molecule has 0 atom stereocenters. The molecular formula is C20H22N4O4. The molecule has 0 radical (unpaired) electrons. The molecule has 0 aliphatic carbocycles. The Morgan fingerprint density at radius 2 is 1.61 bits per heavy atom. The van der Waals surface area contributed by atoms with Gasteiger partial charge in [0.1, 0.15) is 5.75 Å². The number of fused-ring (bicyclic) bond motifs is 1. The standard InChI is InChI=1S/C20H22N4O4/c25-19(22-16-3-6-18-14(13-16)7-12-28-18)21-15-1-4-17(5-2-15)23-8-10-24(11-9-23)20(26)27/h1-6,13H,7-12H2,(H,26,27)(H2,21,22,25). The predicted octanol–water partition coefficient (Wildman–Crippen LogP) is 3.07. The van der Waals surface area contributed by atoms with Crippen molar-refractivity contribution < 1.29 is 19.4 Å². The summed E-state index contributed by atoms with van der Waals surface area (Å²) in [5.41, 5.74) is 3.53. The van der Waals surface area contributed by atoms with Gasteiger partial charge >= 0.3 is 12.1 Å². The fourth-order valence-electron chi connectivity index (χ4n) is 3.47. The van der Waals surface area contributed by atoms with E-state index in [-0.39, 0.29) is 6.03 Å². The fourth-order valence-corrected chi connectivity index (χ4v) is 3.47. The number of hydrogen-bond donors (Lipinski definition) is 3. The number of carboxylic acid groups (broad SMARTS) is 1. The summed E-state index contributed by atoms with van der Waals surface area (Å²) >= 11 is 0. The molecule has 3 N–H and O–H groups in total. The lowest BCUT2D eigenvalue weighted by Gasteiger charge is -2.34. The third-order valence-corrected chi connectivity index (χ3v) is 4.99. The van der Waals surface area contributed by atoms with Crippen LogP contribution in [-0.2, 0) is 6.42 Å². The Bertz CT molecular complexity index is 876. The molecular weight excluding hydrogens is 360 g/mol. The van der Waals surface area contributed by atoms with Crippen LogP contribution in [0, 0.1) is 0 Å². The van der Waals surface area contributed by atoms with Crippen molar-refractivity contribution in [2.24, 2.45) is 0 Å². The quantitative estimate of drug-likeness (QED) is 0.759. The number of carbonyl (C=O) groups is 2. The van der Waals surface area contributed by atoms with E-state index in [4.69, 9.17) is 9.84 Å². The number of hydrogen-bond acceptors (Lipinski definition) is 4. The van der Waals surface area contributed by atoms with Crippen LogP contribution in [0.4, 0.5) is 26.7 Å². The lowest BCUT2D eigenvalue weighted by molar-refractivity contribution is 0.142. The number of nitrogens with one attached hydrogen (secondary N) is 2. The maximum absolute atomic E-state index is 12.2. The molecule has 1 fully saturated rings. The molecule has 2 aromatic rings. The Hall–Kier alpha value is -3.42. The topological polar surface area (TPSA) is 94.1 Å². The zero-order chi connectivity index (χ0) is 19.5. The van der Waals surface area contributed by atoms with E-state index in [2.05, 4.69) is 15.5 Å². The number of carbonyl (C=O) groups excluding carboxylic acids is 1. The number of benzene rings is 2. The first-order valence-corrected chi connectivity index (χ1v) is 9.25. The van der Waals surface area contributed by atoms with E-state index in [0.29, 0.717) is 38.5 Å². The van der Waals surface area contributed by atoms with Gasteiger partial charge in [-0.05, 0) is 48.0 Å². The van der Waals surface area contributed by atoms with E-state index in [1.807, 2.05) is 42.5 Å². The zero-order valence-corrected chi connectivity index (χ0v) is 15.4. The highest BCUT2D eigenvalue weighted by molar-refractivity contribution is 5.99. The van der Waals surface area contributed by atoms with Crippen LogP contribution in [-0.4, -0.2) is 54.9 Å². The van der Waals surface area contributed by atoms with Crippen LogP contribution in [0.15, 0.2) is 42.5 Å². The number of amides is 3. The Labute approximate surface area is 162 Å². The summed E-state index contributed by atoms with van der Waals surface area (Å²) in [6.45, 7) is 2.97. The summed E-state index contributed by atoms with van der Waals surface area (Å²) in [5.74, 6) is 0.880. The first kappa shape index (κ1) is 18.0. The SMILES string of the molecule is O=C(Nc1ccc(N2CCN(C(=O)O)CC2)cc1)Nc1ccc2c(c1)CCO2. The number of anilines is 3. The van der Waals surface area contributed by atoms with Gasteiger partial charge in [0.25, 0.3) is 0 Å². The zero-order valence-electron chi connectivity index (χ0n) is 15.4. The Kier molecular flexibility index (Phi) is 4.92. The van der Waals surface area contributed by atoms with Gasteiger partial charge in [0.15, 0.2) is 0 Å². The van der Waals surface area contributed by atoms with Crippen molar-refractivity contribution in [2.45, 2.75) is 6.42 Å². The van der Waals surface area contributed by atoms with Crippen LogP contribution >= 0.6 is 0 Å². The Balaban J connectivity index is 1.32. The molecule has 28 heavy (non-hydrogen) atoms. The summed E-state index contributed by atoms with van der Waals surface area (Å²) in [5, 5.41) is 14.7. The highest BCUT2D eigenvalue weighted by atomic mass is 16.5. The van der Waals surface area contributed by atoms with Crippen LogP contribution in [0.2, 0.25) is 0 Å². The molecule has 0 spiro atoms. The summed E-state index contributed by atoms with van der Waals surface area (Å²) in [6, 6.07) is 12.9. The summed E-state index contributed by atoms with van der Waals surface area (Å²) in [4.78, 5) is 26.8. The molecule has 2 heterocycles. The summed E-state index contributed by atoms with van der Waals surface area (Å²) in [6.07, 6.45) is -0.0182. The Morgan fingerprint density at radius 1 is 0.929 bits per heavy atom. The molecule has 2 aromatic carbocycles. The molecule has 0 saturated carbocycles. The predicted molar refractivity (Wildman–Crippen MR) is 107 cm³/mol. The van der Waals surface area contributed by atoms with E-state index in [1.165, 1.54) is 4.90 Å². The highest BCUT2D eigenvalue weighted by Crippen LogP contribution is 2.28. The maximum atomic E-state index is 12.2. The van der Waals surface area contributed by atoms with Crippen molar-refractivity contribution in [3.05, 3.63) is 48.0 Å². The minimum Gasteiger partial charge on any atom is -0.493 e. The van der Waals surface area contributed by atoms with Gasteiger partial charge in [-0.25, -0.2) is 9.59 Å². The second kappa shape index (κ2) is 7.67. The third-order valence-electron chi connectivity index (χ3n) is 4.99. The number of rotatable bonds is 3. The molecule has 2 aliphatic heterocycles. The van der Waals surface area contributed by atoms with Crippen molar-refractivity contribution in [1.82, 2.24) is 4.90 Å². The van der Waals surface area contributed by atoms with Crippen molar-refractivity contribution >= 4 is 29.2 Å². The molecule has 1 saturated heterocycles. The smallest absolute Gasteiger partial charge is 0.407 e. The van der Waals surface area contributed by atoms with E-state index in [0.717, 1.165) is 29.1 Å². The number of piperazine rings is 1. The number of urea groups is 1.